The number of carbonyl (C=O) groups is 2. The lowest BCUT2D eigenvalue weighted by molar-refractivity contribution is -0.0328. The largest absolute Gasteiger partial charge is 0.446 e. The summed E-state index contributed by atoms with van der Waals surface area (Å²) >= 11 is -0.409. The van der Waals surface area contributed by atoms with Crippen LogP contribution in [0.25, 0.3) is 0 Å². The number of alkyl halides is 3. The highest BCUT2D eigenvalue weighted by Gasteiger charge is 2.31. The van der Waals surface area contributed by atoms with Gasteiger partial charge in [0.05, 0.1) is 11.3 Å². The molecular weight excluding hydrogens is 412 g/mol. The Morgan fingerprint density at radius 3 is 2.28 bits per heavy atom. The highest BCUT2D eigenvalue weighted by Crippen LogP contribution is 2.38. The maximum atomic E-state index is 14.0. The molecule has 0 saturated heterocycles. The molecule has 0 aliphatic heterocycles. The van der Waals surface area contributed by atoms with Crippen LogP contribution in [0.5, 0.6) is 0 Å². The van der Waals surface area contributed by atoms with Crippen LogP contribution in [0.1, 0.15) is 31.1 Å². The number of nitrogens with one attached hydrogen (secondary N) is 2. The number of anilines is 2. The van der Waals surface area contributed by atoms with Crippen LogP contribution in [0.4, 0.5) is 33.7 Å². The summed E-state index contributed by atoms with van der Waals surface area (Å²) in [5.74, 6) is -1.59. The van der Waals surface area contributed by atoms with Crippen LogP contribution in [-0.4, -0.2) is 23.1 Å². The second kappa shape index (κ2) is 8.73. The van der Waals surface area contributed by atoms with Crippen molar-refractivity contribution in [3.63, 3.8) is 0 Å². The van der Waals surface area contributed by atoms with Gasteiger partial charge in [-0.1, -0.05) is 12.1 Å². The Morgan fingerprint density at radius 2 is 1.66 bits per heavy atom. The van der Waals surface area contributed by atoms with E-state index in [1.807, 2.05) is 0 Å². The molecule has 2 amide bonds. The third-order valence-corrected chi connectivity index (χ3v) is 4.02. The third-order valence-electron chi connectivity index (χ3n) is 3.22. The predicted molar refractivity (Wildman–Crippen MR) is 103 cm³/mol. The van der Waals surface area contributed by atoms with E-state index in [1.54, 1.807) is 20.8 Å². The second-order valence-corrected chi connectivity index (χ2v) is 7.93. The molecule has 0 bridgehead atoms. The molecule has 2 aromatic rings. The monoisotopic (exact) mass is 430 g/mol. The van der Waals surface area contributed by atoms with Crippen molar-refractivity contribution in [2.45, 2.75) is 36.8 Å². The number of carbonyl (C=O) groups excluding carboxylic acids is 2. The molecule has 0 saturated carbocycles. The van der Waals surface area contributed by atoms with Crippen molar-refractivity contribution in [1.29, 1.82) is 0 Å². The van der Waals surface area contributed by atoms with Crippen molar-refractivity contribution in [1.82, 2.24) is 0 Å². The maximum absolute atomic E-state index is 14.0. The van der Waals surface area contributed by atoms with E-state index in [1.165, 1.54) is 30.3 Å². The number of ether oxygens (including phenoxy) is 1. The first-order valence-corrected chi connectivity index (χ1v) is 9.11. The first kappa shape index (κ1) is 22.5. The number of benzene rings is 2. The van der Waals surface area contributed by atoms with Crippen LogP contribution in [0.2, 0.25) is 0 Å². The molecule has 0 atom stereocenters. The van der Waals surface area contributed by atoms with Gasteiger partial charge in [0.25, 0.3) is 5.91 Å². The summed E-state index contributed by atoms with van der Waals surface area (Å²) in [5.41, 5.74) is -5.73. The van der Waals surface area contributed by atoms with E-state index >= 15 is 0 Å². The van der Waals surface area contributed by atoms with Crippen molar-refractivity contribution >= 4 is 35.1 Å². The normalized spacial score (nSPS) is 11.7. The fourth-order valence-corrected chi connectivity index (χ4v) is 2.85. The Bertz CT molecular complexity index is 911. The summed E-state index contributed by atoms with van der Waals surface area (Å²) in [7, 11) is 0. The lowest BCUT2D eigenvalue weighted by Gasteiger charge is -2.20. The van der Waals surface area contributed by atoms with Crippen molar-refractivity contribution < 1.29 is 31.9 Å². The number of amides is 2. The highest BCUT2D eigenvalue weighted by atomic mass is 32.2. The fraction of sp³-hybridized carbons (Fsp3) is 0.263. The minimum Gasteiger partial charge on any atom is -0.444 e. The number of hydrogen-bond donors (Lipinski definition) is 2. The quantitative estimate of drug-likeness (QED) is 0.459. The summed E-state index contributed by atoms with van der Waals surface area (Å²) in [4.78, 5) is 24.0. The highest BCUT2D eigenvalue weighted by molar-refractivity contribution is 8.00. The molecule has 0 unspecified atom stereocenters. The summed E-state index contributed by atoms with van der Waals surface area (Å²) in [6, 6.07) is 8.57. The van der Waals surface area contributed by atoms with Gasteiger partial charge >= 0.3 is 11.6 Å². The Kier molecular flexibility index (Phi) is 6.78. The van der Waals surface area contributed by atoms with Crippen LogP contribution in [0.15, 0.2) is 47.4 Å². The van der Waals surface area contributed by atoms with Gasteiger partial charge in [-0.3, -0.25) is 10.1 Å². The lowest BCUT2D eigenvalue weighted by Crippen LogP contribution is -2.27. The van der Waals surface area contributed by atoms with Gasteiger partial charge in [-0.05, 0) is 62.9 Å². The Balaban J connectivity index is 2.19. The van der Waals surface area contributed by atoms with Crippen molar-refractivity contribution in [3.8, 4) is 0 Å². The lowest BCUT2D eigenvalue weighted by atomic mass is 10.2. The Morgan fingerprint density at radius 1 is 1.00 bits per heavy atom. The van der Waals surface area contributed by atoms with Gasteiger partial charge in [-0.25, -0.2) is 9.18 Å². The van der Waals surface area contributed by atoms with Crippen LogP contribution >= 0.6 is 11.8 Å². The molecule has 29 heavy (non-hydrogen) atoms. The Hall–Kier alpha value is -2.75. The first-order chi connectivity index (χ1) is 13.3. The zero-order valence-electron chi connectivity index (χ0n) is 15.7. The molecule has 2 aromatic carbocycles. The topological polar surface area (TPSA) is 67.4 Å². The number of hydrogen-bond acceptors (Lipinski definition) is 4. The van der Waals surface area contributed by atoms with E-state index in [2.05, 4.69) is 10.6 Å². The fourth-order valence-electron chi connectivity index (χ4n) is 2.18. The molecule has 0 heterocycles. The van der Waals surface area contributed by atoms with E-state index in [0.717, 1.165) is 12.1 Å². The number of rotatable bonds is 4. The molecular formula is C19H18F4N2O3S. The second-order valence-electron chi connectivity index (χ2n) is 6.82. The van der Waals surface area contributed by atoms with Gasteiger partial charge in [0.2, 0.25) is 0 Å². The average Bonchev–Trinajstić information content (AvgIpc) is 2.55. The van der Waals surface area contributed by atoms with Crippen LogP contribution in [0, 0.1) is 5.82 Å². The molecule has 2 rings (SSSR count). The van der Waals surface area contributed by atoms with Gasteiger partial charge in [0, 0.05) is 10.6 Å². The SMILES string of the molecule is CC(C)(C)OC(=O)Nc1cc(NC(=O)c2ccccc2SC(F)(F)F)ccc1F. The molecule has 0 spiro atoms. The number of halogens is 4. The van der Waals surface area contributed by atoms with E-state index in [0.29, 0.717) is 0 Å². The molecule has 2 N–H and O–H groups in total. The van der Waals surface area contributed by atoms with Crippen LogP contribution in [0.3, 0.4) is 0 Å². The standard InChI is InChI=1S/C19H18F4N2O3S/c1-18(2,3)28-17(27)25-14-10-11(8-9-13(14)20)24-16(26)12-6-4-5-7-15(12)29-19(21,22)23/h4-10H,1-3H3,(H,24,26)(H,25,27). The molecule has 10 heteroatoms. The van der Waals surface area contributed by atoms with Gasteiger partial charge < -0.3 is 10.1 Å². The van der Waals surface area contributed by atoms with E-state index < -0.39 is 40.7 Å². The van der Waals surface area contributed by atoms with Gasteiger partial charge in [0.15, 0.2) is 0 Å². The Labute approximate surface area is 168 Å². The van der Waals surface area contributed by atoms with Gasteiger partial charge in [-0.2, -0.15) is 13.2 Å². The summed E-state index contributed by atoms with van der Waals surface area (Å²) in [6.07, 6.45) is -0.896. The van der Waals surface area contributed by atoms with E-state index in [9.17, 15) is 27.2 Å². The zero-order chi connectivity index (χ0) is 21.8. The van der Waals surface area contributed by atoms with Crippen LogP contribution < -0.4 is 10.6 Å². The molecule has 156 valence electrons. The third kappa shape index (κ3) is 7.30. The van der Waals surface area contributed by atoms with E-state index in [-0.39, 0.29) is 21.8 Å². The molecule has 0 aromatic heterocycles. The van der Waals surface area contributed by atoms with Crippen LogP contribution in [-0.2, 0) is 4.74 Å². The van der Waals surface area contributed by atoms with Crippen molar-refractivity contribution in [2.24, 2.45) is 0 Å². The molecule has 0 fully saturated rings. The molecule has 5 nitrogen and oxygen atoms in total. The minimum atomic E-state index is -4.56. The average molecular weight is 430 g/mol. The summed E-state index contributed by atoms with van der Waals surface area (Å²) < 4.78 is 57.1. The van der Waals surface area contributed by atoms with Crippen molar-refractivity contribution in [2.75, 3.05) is 10.6 Å². The maximum Gasteiger partial charge on any atom is 0.446 e. The number of thioether (sulfide) groups is 1. The summed E-state index contributed by atoms with van der Waals surface area (Å²) in [5, 5.41) is 4.62. The summed E-state index contributed by atoms with van der Waals surface area (Å²) in [6.45, 7) is 4.90. The first-order valence-electron chi connectivity index (χ1n) is 8.30. The molecule has 0 aliphatic rings. The van der Waals surface area contributed by atoms with E-state index in [4.69, 9.17) is 4.74 Å². The molecule has 0 radical (unpaired) electrons. The van der Waals surface area contributed by atoms with Gasteiger partial charge in [0.1, 0.15) is 11.4 Å². The zero-order valence-corrected chi connectivity index (χ0v) is 16.5. The smallest absolute Gasteiger partial charge is 0.444 e. The van der Waals surface area contributed by atoms with Gasteiger partial charge in [-0.15, -0.1) is 0 Å². The van der Waals surface area contributed by atoms with Crippen molar-refractivity contribution in [3.05, 3.63) is 53.8 Å². The molecule has 0 aliphatic carbocycles. The minimum absolute atomic E-state index is 0.0780. The predicted octanol–water partition coefficient (Wildman–Crippen LogP) is 6.04.